The summed E-state index contributed by atoms with van der Waals surface area (Å²) in [4.78, 5) is 17.0. The van der Waals surface area contributed by atoms with Gasteiger partial charge in [0.05, 0.1) is 23.8 Å². The van der Waals surface area contributed by atoms with Crippen molar-refractivity contribution >= 4 is 28.8 Å². The summed E-state index contributed by atoms with van der Waals surface area (Å²) >= 11 is 7.39. The highest BCUT2D eigenvalue weighted by molar-refractivity contribution is 7.11. The average Bonchev–Trinajstić information content (AvgIpc) is 3.16. The molecule has 2 heterocycles. The summed E-state index contributed by atoms with van der Waals surface area (Å²) in [5.41, 5.74) is 2.00. The summed E-state index contributed by atoms with van der Waals surface area (Å²) in [6, 6.07) is 7.19. The average molecular weight is 460 g/mol. The number of hydrogen-bond donors (Lipinski definition) is 2. The highest BCUT2D eigenvalue weighted by atomic mass is 35.5. The number of carbonyl (C=O) groups excluding carboxylic acids is 1. The van der Waals surface area contributed by atoms with Crippen LogP contribution in [0.3, 0.4) is 0 Å². The van der Waals surface area contributed by atoms with Gasteiger partial charge in [0, 0.05) is 40.9 Å². The number of aromatic nitrogens is 1. The van der Waals surface area contributed by atoms with E-state index >= 15 is 0 Å². The number of benzene rings is 1. The Balaban J connectivity index is 1.23. The van der Waals surface area contributed by atoms with Crippen LogP contribution in [0, 0.1) is 17.2 Å². The molecule has 0 spiro atoms. The van der Waals surface area contributed by atoms with Gasteiger partial charge in [0.1, 0.15) is 11.9 Å². The molecule has 4 rings (SSSR count). The minimum absolute atomic E-state index is 0.0740. The van der Waals surface area contributed by atoms with Gasteiger partial charge in [0.15, 0.2) is 6.10 Å². The Hall–Kier alpha value is -2.60. The Morgan fingerprint density at radius 3 is 3.03 bits per heavy atom. The fourth-order valence-corrected chi connectivity index (χ4v) is 4.49. The number of nitrogens with one attached hydrogen (secondary N) is 1. The number of aliphatic hydroxyl groups is 1. The van der Waals surface area contributed by atoms with Crippen molar-refractivity contribution < 1.29 is 19.4 Å². The van der Waals surface area contributed by atoms with E-state index in [1.165, 1.54) is 11.3 Å². The Morgan fingerprint density at radius 2 is 2.26 bits per heavy atom. The maximum absolute atomic E-state index is 12.6. The SMILES string of the molecule is C=C(CCc1csc(O[C@H]2C[C@@H](C#N)C2)n1)NC(=O)[C@H]1C[C@@H](O)c2cc(Cl)ccc2O1. The lowest BCUT2D eigenvalue weighted by molar-refractivity contribution is -0.129. The summed E-state index contributed by atoms with van der Waals surface area (Å²) in [6.07, 6.45) is 1.24. The number of rotatable bonds is 7. The van der Waals surface area contributed by atoms with Gasteiger partial charge in [-0.25, -0.2) is 4.98 Å². The van der Waals surface area contributed by atoms with E-state index in [0.29, 0.717) is 40.1 Å². The van der Waals surface area contributed by atoms with Crippen molar-refractivity contribution in [3.8, 4) is 17.0 Å². The summed E-state index contributed by atoms with van der Waals surface area (Å²) in [5, 5.41) is 25.0. The molecule has 1 amide bonds. The van der Waals surface area contributed by atoms with Crippen LogP contribution in [-0.2, 0) is 11.2 Å². The predicted molar refractivity (Wildman–Crippen MR) is 116 cm³/mol. The zero-order valence-electron chi connectivity index (χ0n) is 16.7. The highest BCUT2D eigenvalue weighted by Gasteiger charge is 2.32. The standard InChI is InChI=1S/C22H22ClN3O4S/c1-12(2-4-15-11-31-22(26-15)29-16-6-13(7-16)10-24)25-21(28)20-9-18(27)17-8-14(23)3-5-19(17)30-20/h3,5,8,11,13,16,18,20,27H,1-2,4,6-7,9H2,(H,25,28)/t13-,16+,18-,20-/m1/s1. The molecule has 2 N–H and O–H groups in total. The van der Waals surface area contributed by atoms with Gasteiger partial charge >= 0.3 is 0 Å². The predicted octanol–water partition coefficient (Wildman–Crippen LogP) is 3.92. The zero-order valence-corrected chi connectivity index (χ0v) is 18.3. The number of aliphatic hydroxyl groups excluding tert-OH is 1. The number of halogens is 1. The lowest BCUT2D eigenvalue weighted by atomic mass is 9.84. The number of amides is 1. The molecule has 1 aliphatic carbocycles. The number of aryl methyl sites for hydroxylation is 1. The van der Waals surface area contributed by atoms with Gasteiger partial charge < -0.3 is 19.9 Å². The molecule has 2 aliphatic rings. The first-order valence-corrected chi connectivity index (χ1v) is 11.3. The van der Waals surface area contributed by atoms with E-state index in [4.69, 9.17) is 26.3 Å². The molecular formula is C22H22ClN3O4S. The fraction of sp³-hybridized carbons (Fsp3) is 0.409. The fourth-order valence-electron chi connectivity index (χ4n) is 3.54. The highest BCUT2D eigenvalue weighted by Crippen LogP contribution is 2.36. The first-order chi connectivity index (χ1) is 14.9. The van der Waals surface area contributed by atoms with Gasteiger partial charge in [-0.3, -0.25) is 4.79 Å². The lowest BCUT2D eigenvalue weighted by Crippen LogP contribution is -2.41. The Labute approximate surface area is 189 Å². The summed E-state index contributed by atoms with van der Waals surface area (Å²) < 4.78 is 11.5. The van der Waals surface area contributed by atoms with Crippen molar-refractivity contribution in [2.45, 2.75) is 50.4 Å². The quantitative estimate of drug-likeness (QED) is 0.650. The molecule has 0 unspecified atom stereocenters. The largest absolute Gasteiger partial charge is 0.480 e. The third-order valence-corrected chi connectivity index (χ3v) is 6.40. The van der Waals surface area contributed by atoms with Gasteiger partial charge in [0.2, 0.25) is 0 Å². The molecule has 9 heteroatoms. The molecule has 1 fully saturated rings. The number of allylic oxidation sites excluding steroid dienone is 1. The Bertz CT molecular complexity index is 1030. The van der Waals surface area contributed by atoms with Crippen molar-refractivity contribution in [1.82, 2.24) is 10.3 Å². The monoisotopic (exact) mass is 459 g/mol. The third-order valence-electron chi connectivity index (χ3n) is 5.39. The van der Waals surface area contributed by atoms with Crippen molar-refractivity contribution in [2.75, 3.05) is 0 Å². The summed E-state index contributed by atoms with van der Waals surface area (Å²) in [5.74, 6) is 0.206. The summed E-state index contributed by atoms with van der Waals surface area (Å²) in [6.45, 7) is 3.92. The molecule has 1 aromatic heterocycles. The number of carbonyl (C=O) groups is 1. The number of thiazole rings is 1. The number of hydrogen-bond acceptors (Lipinski definition) is 7. The molecule has 1 aromatic carbocycles. The normalized spacial score (nSPS) is 24.2. The minimum Gasteiger partial charge on any atom is -0.480 e. The second kappa shape index (κ2) is 9.27. The van der Waals surface area contributed by atoms with Gasteiger partial charge in [-0.15, -0.1) is 0 Å². The number of nitriles is 1. The zero-order chi connectivity index (χ0) is 22.0. The van der Waals surface area contributed by atoms with E-state index in [-0.39, 0.29) is 24.3 Å². The van der Waals surface area contributed by atoms with E-state index in [1.807, 2.05) is 5.38 Å². The maximum atomic E-state index is 12.6. The molecule has 0 bridgehead atoms. The van der Waals surface area contributed by atoms with Crippen LogP contribution in [0.5, 0.6) is 10.9 Å². The van der Waals surface area contributed by atoms with E-state index in [0.717, 1.165) is 18.5 Å². The van der Waals surface area contributed by atoms with Crippen LogP contribution < -0.4 is 14.8 Å². The minimum atomic E-state index is -0.820. The van der Waals surface area contributed by atoms with Gasteiger partial charge in [-0.1, -0.05) is 29.5 Å². The van der Waals surface area contributed by atoms with E-state index in [2.05, 4.69) is 22.9 Å². The molecule has 1 aliphatic heterocycles. The van der Waals surface area contributed by atoms with Gasteiger partial charge in [-0.05, 0) is 31.0 Å². The Morgan fingerprint density at radius 1 is 1.45 bits per heavy atom. The Kier molecular flexibility index (Phi) is 6.46. The van der Waals surface area contributed by atoms with Crippen LogP contribution in [0.25, 0.3) is 0 Å². The number of nitrogens with zero attached hydrogens (tertiary/aromatic N) is 2. The van der Waals surface area contributed by atoms with Crippen molar-refractivity contribution in [1.29, 1.82) is 5.26 Å². The first-order valence-electron chi connectivity index (χ1n) is 10.0. The van der Waals surface area contributed by atoms with Crippen LogP contribution in [0.1, 0.15) is 43.0 Å². The van der Waals surface area contributed by atoms with Crippen molar-refractivity contribution in [3.63, 3.8) is 0 Å². The molecule has 2 atom stereocenters. The topological polar surface area (TPSA) is 104 Å². The maximum Gasteiger partial charge on any atom is 0.273 e. The first kappa shape index (κ1) is 21.6. The molecule has 2 aromatic rings. The van der Waals surface area contributed by atoms with E-state index < -0.39 is 12.2 Å². The van der Waals surface area contributed by atoms with Crippen LogP contribution in [0.4, 0.5) is 0 Å². The molecule has 0 saturated heterocycles. The summed E-state index contributed by atoms with van der Waals surface area (Å²) in [7, 11) is 0. The molecular weight excluding hydrogens is 438 g/mol. The van der Waals surface area contributed by atoms with Crippen LogP contribution in [0.15, 0.2) is 35.9 Å². The van der Waals surface area contributed by atoms with Crippen molar-refractivity contribution in [2.24, 2.45) is 5.92 Å². The number of ether oxygens (including phenoxy) is 2. The lowest BCUT2D eigenvalue weighted by Gasteiger charge is -2.29. The van der Waals surface area contributed by atoms with E-state index in [9.17, 15) is 9.90 Å². The van der Waals surface area contributed by atoms with Gasteiger partial charge in [0.25, 0.3) is 11.1 Å². The second-order valence-electron chi connectivity index (χ2n) is 7.77. The smallest absolute Gasteiger partial charge is 0.273 e. The molecule has 31 heavy (non-hydrogen) atoms. The number of fused-ring (bicyclic) bond motifs is 1. The molecule has 7 nitrogen and oxygen atoms in total. The van der Waals surface area contributed by atoms with Crippen molar-refractivity contribution in [3.05, 3.63) is 52.1 Å². The van der Waals surface area contributed by atoms with Crippen LogP contribution in [0.2, 0.25) is 5.02 Å². The van der Waals surface area contributed by atoms with Gasteiger partial charge in [-0.2, -0.15) is 5.26 Å². The van der Waals surface area contributed by atoms with E-state index in [1.54, 1.807) is 18.2 Å². The van der Waals surface area contributed by atoms with Crippen LogP contribution >= 0.6 is 22.9 Å². The molecule has 162 valence electrons. The second-order valence-corrected chi connectivity index (χ2v) is 9.03. The molecule has 0 radical (unpaired) electrons. The molecule has 1 saturated carbocycles. The third kappa shape index (κ3) is 5.18. The van der Waals surface area contributed by atoms with Crippen LogP contribution in [-0.4, -0.2) is 28.2 Å².